The predicted molar refractivity (Wildman–Crippen MR) is 102 cm³/mol. The minimum atomic E-state index is -0.436. The first-order valence-electron chi connectivity index (χ1n) is 8.84. The van der Waals surface area contributed by atoms with Crippen molar-refractivity contribution in [1.29, 1.82) is 0 Å². The highest BCUT2D eigenvalue weighted by atomic mass is 19.1. The first-order chi connectivity index (χ1) is 13.1. The lowest BCUT2D eigenvalue weighted by molar-refractivity contribution is 0.142. The number of rotatable bonds is 5. The number of methoxy groups -OCH3 is 2. The van der Waals surface area contributed by atoms with E-state index in [1.807, 2.05) is 18.2 Å². The number of carbonyl (C=O) groups is 1. The summed E-state index contributed by atoms with van der Waals surface area (Å²) in [6.45, 7) is 3.32. The Labute approximate surface area is 158 Å². The third-order valence-corrected chi connectivity index (χ3v) is 4.66. The van der Waals surface area contributed by atoms with E-state index >= 15 is 0 Å². The Kier molecular flexibility index (Phi) is 6.13. The molecule has 0 aliphatic carbocycles. The number of benzene rings is 2. The molecule has 0 atom stereocenters. The summed E-state index contributed by atoms with van der Waals surface area (Å²) in [5.41, 5.74) is 1.24. The van der Waals surface area contributed by atoms with Gasteiger partial charge in [-0.25, -0.2) is 9.18 Å². The summed E-state index contributed by atoms with van der Waals surface area (Å²) in [5.74, 6) is 1.17. The summed E-state index contributed by atoms with van der Waals surface area (Å²) in [5, 5.41) is 2.63. The van der Waals surface area contributed by atoms with Crippen molar-refractivity contribution < 1.29 is 18.7 Å². The maximum absolute atomic E-state index is 13.7. The van der Waals surface area contributed by atoms with E-state index in [0.29, 0.717) is 19.6 Å². The molecule has 3 rings (SSSR count). The molecule has 27 heavy (non-hydrogen) atoms. The van der Waals surface area contributed by atoms with Gasteiger partial charge in [0.15, 0.2) is 0 Å². The van der Waals surface area contributed by atoms with E-state index in [1.165, 1.54) is 6.07 Å². The number of piperazine rings is 1. The van der Waals surface area contributed by atoms with E-state index in [0.717, 1.165) is 30.2 Å². The van der Waals surface area contributed by atoms with Crippen molar-refractivity contribution in [3.8, 4) is 11.5 Å². The monoisotopic (exact) mass is 373 g/mol. The van der Waals surface area contributed by atoms with Crippen LogP contribution in [-0.2, 0) is 6.54 Å². The van der Waals surface area contributed by atoms with Crippen LogP contribution in [0.15, 0.2) is 42.5 Å². The molecule has 1 heterocycles. The Morgan fingerprint density at radius 1 is 1.07 bits per heavy atom. The number of halogens is 1. The van der Waals surface area contributed by atoms with Gasteiger partial charge >= 0.3 is 6.03 Å². The summed E-state index contributed by atoms with van der Waals surface area (Å²) in [6.07, 6.45) is 0. The lowest BCUT2D eigenvalue weighted by Crippen LogP contribution is -2.49. The van der Waals surface area contributed by atoms with Crippen molar-refractivity contribution in [2.24, 2.45) is 0 Å². The van der Waals surface area contributed by atoms with Gasteiger partial charge in [-0.15, -0.1) is 0 Å². The fourth-order valence-corrected chi connectivity index (χ4v) is 3.11. The molecule has 144 valence electrons. The third kappa shape index (κ3) is 4.68. The van der Waals surface area contributed by atoms with Gasteiger partial charge < -0.3 is 19.7 Å². The van der Waals surface area contributed by atoms with Crippen molar-refractivity contribution in [3.05, 3.63) is 53.8 Å². The Morgan fingerprint density at radius 2 is 1.81 bits per heavy atom. The predicted octanol–water partition coefficient (Wildman–Crippen LogP) is 3.19. The van der Waals surface area contributed by atoms with Crippen LogP contribution < -0.4 is 14.8 Å². The number of ether oxygens (including phenoxy) is 2. The fraction of sp³-hybridized carbons (Fsp3) is 0.350. The molecule has 6 nitrogen and oxygen atoms in total. The highest BCUT2D eigenvalue weighted by Gasteiger charge is 2.22. The standard InChI is InChI=1S/C20H24FN3O3/c1-26-16-7-8-19(27-2)15(13-16)14-23-9-11-24(12-10-23)20(25)22-18-6-4-3-5-17(18)21/h3-8,13H,9-12,14H2,1-2H3,(H,22,25). The van der Waals surface area contributed by atoms with Crippen LogP contribution in [0.4, 0.5) is 14.9 Å². The molecule has 1 N–H and O–H groups in total. The van der Waals surface area contributed by atoms with Gasteiger partial charge in [0, 0.05) is 38.3 Å². The van der Waals surface area contributed by atoms with E-state index in [2.05, 4.69) is 10.2 Å². The van der Waals surface area contributed by atoms with Crippen LogP contribution in [0.3, 0.4) is 0 Å². The van der Waals surface area contributed by atoms with Crippen molar-refractivity contribution >= 4 is 11.7 Å². The Bertz CT molecular complexity index is 792. The Balaban J connectivity index is 1.56. The van der Waals surface area contributed by atoms with Gasteiger partial charge in [0.1, 0.15) is 17.3 Å². The second-order valence-electron chi connectivity index (χ2n) is 6.35. The molecule has 0 bridgehead atoms. The molecule has 0 saturated carbocycles. The average Bonchev–Trinajstić information content (AvgIpc) is 2.70. The van der Waals surface area contributed by atoms with Crippen LogP contribution in [0.2, 0.25) is 0 Å². The van der Waals surface area contributed by atoms with Crippen LogP contribution >= 0.6 is 0 Å². The van der Waals surface area contributed by atoms with Gasteiger partial charge in [-0.05, 0) is 30.3 Å². The van der Waals surface area contributed by atoms with Gasteiger partial charge in [-0.3, -0.25) is 4.90 Å². The van der Waals surface area contributed by atoms with E-state index in [4.69, 9.17) is 9.47 Å². The molecule has 0 spiro atoms. The zero-order chi connectivity index (χ0) is 19.2. The van der Waals surface area contributed by atoms with Crippen molar-refractivity contribution in [1.82, 2.24) is 9.80 Å². The number of nitrogens with zero attached hydrogens (tertiary/aromatic N) is 2. The SMILES string of the molecule is COc1ccc(OC)c(CN2CCN(C(=O)Nc3ccccc3F)CC2)c1. The van der Waals surface area contributed by atoms with Gasteiger partial charge in [0.05, 0.1) is 19.9 Å². The molecule has 7 heteroatoms. The molecule has 0 radical (unpaired) electrons. The number of hydrogen-bond acceptors (Lipinski definition) is 4. The van der Waals surface area contributed by atoms with Crippen LogP contribution in [0.5, 0.6) is 11.5 Å². The number of hydrogen-bond donors (Lipinski definition) is 1. The minimum Gasteiger partial charge on any atom is -0.497 e. The van der Waals surface area contributed by atoms with E-state index in [9.17, 15) is 9.18 Å². The number of nitrogens with one attached hydrogen (secondary N) is 1. The molecule has 2 amide bonds. The third-order valence-electron chi connectivity index (χ3n) is 4.66. The smallest absolute Gasteiger partial charge is 0.322 e. The molecule has 2 aromatic carbocycles. The number of urea groups is 1. The maximum atomic E-state index is 13.7. The number of anilines is 1. The zero-order valence-corrected chi connectivity index (χ0v) is 15.6. The zero-order valence-electron chi connectivity index (χ0n) is 15.6. The number of carbonyl (C=O) groups excluding carboxylic acids is 1. The normalized spacial score (nSPS) is 14.7. The Morgan fingerprint density at radius 3 is 2.48 bits per heavy atom. The fourth-order valence-electron chi connectivity index (χ4n) is 3.11. The van der Waals surface area contributed by atoms with E-state index in [-0.39, 0.29) is 11.7 Å². The minimum absolute atomic E-state index is 0.200. The molecule has 1 fully saturated rings. The molecule has 0 unspecified atom stereocenters. The number of amides is 2. The van der Waals surface area contributed by atoms with Gasteiger partial charge in [0.25, 0.3) is 0 Å². The van der Waals surface area contributed by atoms with Crippen molar-refractivity contribution in [2.45, 2.75) is 6.54 Å². The molecule has 2 aromatic rings. The van der Waals surface area contributed by atoms with E-state index < -0.39 is 5.82 Å². The van der Waals surface area contributed by atoms with Crippen LogP contribution in [0.1, 0.15) is 5.56 Å². The molecule has 1 saturated heterocycles. The van der Waals surface area contributed by atoms with Crippen LogP contribution in [-0.4, -0.2) is 56.2 Å². The molecule has 0 aromatic heterocycles. The van der Waals surface area contributed by atoms with Crippen LogP contribution in [0.25, 0.3) is 0 Å². The van der Waals surface area contributed by atoms with Crippen molar-refractivity contribution in [2.75, 3.05) is 45.7 Å². The Hall–Kier alpha value is -2.80. The maximum Gasteiger partial charge on any atom is 0.322 e. The largest absolute Gasteiger partial charge is 0.497 e. The summed E-state index contributed by atoms with van der Waals surface area (Å²) in [4.78, 5) is 16.3. The van der Waals surface area contributed by atoms with Crippen LogP contribution in [0, 0.1) is 5.82 Å². The topological polar surface area (TPSA) is 54.0 Å². The molecular formula is C20H24FN3O3. The van der Waals surface area contributed by atoms with Gasteiger partial charge in [-0.2, -0.15) is 0 Å². The van der Waals surface area contributed by atoms with E-state index in [1.54, 1.807) is 37.3 Å². The summed E-state index contributed by atoms with van der Waals surface area (Å²) in [6, 6.07) is 11.6. The molecule has 1 aliphatic heterocycles. The first kappa shape index (κ1) is 19.0. The van der Waals surface area contributed by atoms with Gasteiger partial charge in [-0.1, -0.05) is 12.1 Å². The second kappa shape index (κ2) is 8.73. The first-order valence-corrected chi connectivity index (χ1v) is 8.84. The molecule has 1 aliphatic rings. The second-order valence-corrected chi connectivity index (χ2v) is 6.35. The highest BCUT2D eigenvalue weighted by molar-refractivity contribution is 5.89. The summed E-state index contributed by atoms with van der Waals surface area (Å²) < 4.78 is 24.4. The lowest BCUT2D eigenvalue weighted by Gasteiger charge is -2.35. The summed E-state index contributed by atoms with van der Waals surface area (Å²) in [7, 11) is 3.29. The average molecular weight is 373 g/mol. The van der Waals surface area contributed by atoms with Gasteiger partial charge in [0.2, 0.25) is 0 Å². The highest BCUT2D eigenvalue weighted by Crippen LogP contribution is 2.25. The quantitative estimate of drug-likeness (QED) is 0.875. The summed E-state index contributed by atoms with van der Waals surface area (Å²) >= 11 is 0. The van der Waals surface area contributed by atoms with Crippen molar-refractivity contribution in [3.63, 3.8) is 0 Å². The lowest BCUT2D eigenvalue weighted by atomic mass is 10.1. The number of para-hydroxylation sites is 1. The molecular weight excluding hydrogens is 349 g/mol.